The lowest BCUT2D eigenvalue weighted by Gasteiger charge is -2.34. The topological polar surface area (TPSA) is 57.4 Å². The summed E-state index contributed by atoms with van der Waals surface area (Å²) in [7, 11) is 1.91. The van der Waals surface area contributed by atoms with Gasteiger partial charge in [-0.1, -0.05) is 31.4 Å². The van der Waals surface area contributed by atoms with Gasteiger partial charge in [0.05, 0.1) is 34.8 Å². The van der Waals surface area contributed by atoms with Crippen LogP contribution in [0.5, 0.6) is 0 Å². The number of alkyl halides is 3. The molecule has 0 bridgehead atoms. The van der Waals surface area contributed by atoms with Crippen molar-refractivity contribution < 1.29 is 17.7 Å². The second-order valence-electron chi connectivity index (χ2n) is 11.1. The molecule has 10 heteroatoms. The molecule has 3 aliphatic rings. The van der Waals surface area contributed by atoms with Crippen molar-refractivity contribution in [2.75, 3.05) is 20.1 Å². The SMILES string of the molecule is C[N+]1=CN=N[C]1[C@@H](c1cccc(-n2cc3c(C(F)(F)F)cc(CN4CCCCCC4)cn3c2=O)c1)C1CCC1. The van der Waals surface area contributed by atoms with Gasteiger partial charge in [0.15, 0.2) is 0 Å². The Balaban J connectivity index is 1.41. The molecule has 205 valence electrons. The Morgan fingerprint density at radius 1 is 1.05 bits per heavy atom. The van der Waals surface area contributed by atoms with Crippen molar-refractivity contribution in [3.8, 4) is 5.69 Å². The zero-order valence-corrected chi connectivity index (χ0v) is 22.1. The van der Waals surface area contributed by atoms with Crippen molar-refractivity contribution in [1.82, 2.24) is 13.9 Å². The van der Waals surface area contributed by atoms with Gasteiger partial charge in [0.1, 0.15) is 0 Å². The third kappa shape index (κ3) is 5.06. The fraction of sp³-hybridized carbons (Fsp3) is 0.483. The molecule has 7 nitrogen and oxygen atoms in total. The molecule has 1 saturated heterocycles. The summed E-state index contributed by atoms with van der Waals surface area (Å²) in [6.07, 6.45) is 8.51. The number of nitrogens with zero attached hydrogens (tertiary/aromatic N) is 6. The van der Waals surface area contributed by atoms with E-state index in [4.69, 9.17) is 0 Å². The summed E-state index contributed by atoms with van der Waals surface area (Å²) >= 11 is 0. The second kappa shape index (κ2) is 10.4. The maximum atomic E-state index is 14.2. The highest BCUT2D eigenvalue weighted by atomic mass is 19.4. The van der Waals surface area contributed by atoms with E-state index in [1.54, 1.807) is 18.6 Å². The molecule has 1 saturated carbocycles. The van der Waals surface area contributed by atoms with Crippen LogP contribution in [0.3, 0.4) is 0 Å². The molecule has 1 radical (unpaired) electrons. The summed E-state index contributed by atoms with van der Waals surface area (Å²) in [6.45, 7) is 2.11. The van der Waals surface area contributed by atoms with E-state index in [1.807, 2.05) is 29.8 Å². The van der Waals surface area contributed by atoms with Crippen LogP contribution in [0.25, 0.3) is 11.2 Å². The first kappa shape index (κ1) is 26.0. The van der Waals surface area contributed by atoms with E-state index in [-0.39, 0.29) is 11.4 Å². The van der Waals surface area contributed by atoms with Crippen molar-refractivity contribution in [2.45, 2.75) is 63.6 Å². The number of halogens is 3. The minimum absolute atomic E-state index is 0.00453. The predicted octanol–water partition coefficient (Wildman–Crippen LogP) is 5.99. The standard InChI is InChI=1S/C29H33F3N6O/c1-35-19-33-34-27(35)26(21-8-6-9-21)22-10-7-11-23(15-22)37-18-25-24(29(30,31)32)14-20(17-38(25)28(37)39)16-36-12-4-2-3-5-13-36/h7,10-11,14-15,17-19,21,26H,2-6,8-9,12-13,16H2,1H3/q+1/t26-/m1/s1. The van der Waals surface area contributed by atoms with Crippen LogP contribution in [-0.4, -0.2) is 44.9 Å². The molecule has 0 amide bonds. The minimum atomic E-state index is -4.58. The number of hydrogen-bond acceptors (Lipinski definition) is 4. The summed E-state index contributed by atoms with van der Waals surface area (Å²) in [6, 6.07) is 8.74. The van der Waals surface area contributed by atoms with E-state index in [9.17, 15) is 18.0 Å². The van der Waals surface area contributed by atoms with Gasteiger partial charge in [-0.05, 0) is 79.1 Å². The van der Waals surface area contributed by atoms with Gasteiger partial charge in [-0.25, -0.2) is 9.37 Å². The molecule has 0 unspecified atom stereocenters. The number of aromatic nitrogens is 2. The first-order chi connectivity index (χ1) is 18.8. The maximum Gasteiger partial charge on any atom is 0.418 e. The summed E-state index contributed by atoms with van der Waals surface area (Å²) < 4.78 is 47.1. The fourth-order valence-corrected chi connectivity index (χ4v) is 6.14. The van der Waals surface area contributed by atoms with Crippen molar-refractivity contribution in [2.24, 2.45) is 16.1 Å². The van der Waals surface area contributed by atoms with E-state index in [2.05, 4.69) is 15.1 Å². The highest BCUT2D eigenvalue weighted by Gasteiger charge is 2.42. The molecule has 1 aromatic carbocycles. The highest BCUT2D eigenvalue weighted by Crippen LogP contribution is 2.46. The Hall–Kier alpha value is -3.27. The van der Waals surface area contributed by atoms with Crippen LogP contribution in [-0.2, 0) is 12.7 Å². The predicted molar refractivity (Wildman–Crippen MR) is 142 cm³/mol. The highest BCUT2D eigenvalue weighted by molar-refractivity contribution is 5.58. The normalized spacial score (nSPS) is 20.3. The van der Waals surface area contributed by atoms with Gasteiger partial charge in [-0.3, -0.25) is 13.9 Å². The minimum Gasteiger partial charge on any atom is -0.299 e. The Morgan fingerprint density at radius 3 is 2.46 bits per heavy atom. The number of likely N-dealkylation sites (tertiary alicyclic amines) is 1. The maximum absolute atomic E-state index is 14.2. The first-order valence-corrected chi connectivity index (χ1v) is 13.8. The van der Waals surface area contributed by atoms with Crippen LogP contribution < -0.4 is 5.69 Å². The summed E-state index contributed by atoms with van der Waals surface area (Å²) in [4.78, 5) is 15.8. The van der Waals surface area contributed by atoms with Gasteiger partial charge in [0, 0.05) is 18.9 Å². The van der Waals surface area contributed by atoms with Crippen molar-refractivity contribution >= 4 is 11.9 Å². The van der Waals surface area contributed by atoms with E-state index in [1.165, 1.54) is 16.8 Å². The monoisotopic (exact) mass is 538 g/mol. The molecule has 1 atom stereocenters. The molecule has 6 rings (SSSR count). The molecule has 3 aromatic rings. The molecule has 0 N–H and O–H groups in total. The molecule has 1 aliphatic carbocycles. The van der Waals surface area contributed by atoms with Gasteiger partial charge in [-0.2, -0.15) is 13.2 Å². The molecule has 2 aromatic heterocycles. The van der Waals surface area contributed by atoms with Crippen LogP contribution in [0, 0.1) is 12.1 Å². The zero-order valence-electron chi connectivity index (χ0n) is 22.1. The molecule has 4 heterocycles. The van der Waals surface area contributed by atoms with Crippen molar-refractivity contribution in [3.63, 3.8) is 0 Å². The fourth-order valence-electron chi connectivity index (χ4n) is 6.14. The third-order valence-electron chi connectivity index (χ3n) is 8.39. The van der Waals surface area contributed by atoms with Crippen LogP contribution >= 0.6 is 0 Å². The van der Waals surface area contributed by atoms with Gasteiger partial charge < -0.3 is 0 Å². The van der Waals surface area contributed by atoms with Gasteiger partial charge >= 0.3 is 24.4 Å². The summed E-state index contributed by atoms with van der Waals surface area (Å²) in [5.41, 5.74) is 0.583. The smallest absolute Gasteiger partial charge is 0.299 e. The number of benzene rings is 1. The lowest BCUT2D eigenvalue weighted by molar-refractivity contribution is -0.480. The van der Waals surface area contributed by atoms with E-state index >= 15 is 0 Å². The summed E-state index contributed by atoms with van der Waals surface area (Å²) in [5.74, 6) is 0.413. The number of azo groups is 1. The van der Waals surface area contributed by atoms with Crippen molar-refractivity contribution in [1.29, 1.82) is 0 Å². The van der Waals surface area contributed by atoms with Crippen LogP contribution in [0.1, 0.15) is 67.6 Å². The van der Waals surface area contributed by atoms with Crippen LogP contribution in [0.15, 0.2) is 57.7 Å². The first-order valence-electron chi connectivity index (χ1n) is 13.8. The quantitative estimate of drug-likeness (QED) is 0.362. The Kier molecular flexibility index (Phi) is 6.91. The van der Waals surface area contributed by atoms with Gasteiger partial charge in [-0.15, -0.1) is 0 Å². The van der Waals surface area contributed by atoms with E-state index < -0.39 is 17.4 Å². The molecule has 39 heavy (non-hydrogen) atoms. The van der Waals surface area contributed by atoms with Crippen molar-refractivity contribution in [3.05, 3.63) is 76.1 Å². The average molecular weight is 539 g/mol. The van der Waals surface area contributed by atoms with E-state index in [0.29, 0.717) is 23.7 Å². The number of hydrogen-bond donors (Lipinski definition) is 0. The number of pyridine rings is 1. The third-order valence-corrected chi connectivity index (χ3v) is 8.39. The van der Waals surface area contributed by atoms with Crippen LogP contribution in [0.2, 0.25) is 0 Å². The number of fused-ring (bicyclic) bond motifs is 1. The number of rotatable bonds is 6. The molecule has 0 spiro atoms. The lowest BCUT2D eigenvalue weighted by atomic mass is 9.71. The van der Waals surface area contributed by atoms with Gasteiger partial charge in [0.2, 0.25) is 0 Å². The lowest BCUT2D eigenvalue weighted by Crippen LogP contribution is -2.29. The molecular formula is C29H33F3N6O+. The summed E-state index contributed by atoms with van der Waals surface area (Å²) in [5, 5.41) is 8.43. The second-order valence-corrected chi connectivity index (χ2v) is 11.1. The van der Waals surface area contributed by atoms with Gasteiger partial charge in [0.25, 0.3) is 0 Å². The molecule has 2 fully saturated rings. The zero-order chi connectivity index (χ0) is 27.1. The molecular weight excluding hydrogens is 505 g/mol. The van der Waals surface area contributed by atoms with E-state index in [0.717, 1.165) is 74.2 Å². The Morgan fingerprint density at radius 2 is 1.82 bits per heavy atom. The Bertz CT molecular complexity index is 1470. The molecule has 2 aliphatic heterocycles. The van der Waals surface area contributed by atoms with Crippen LogP contribution in [0.4, 0.5) is 13.2 Å². The number of likely N-dealkylation sites (N-methyl/N-ethyl adjacent to an activating group) is 1. The average Bonchev–Trinajstić information content (AvgIpc) is 3.33. The Labute approximate surface area is 225 Å². The largest absolute Gasteiger partial charge is 0.418 e. The number of imidazole rings is 1.